The lowest BCUT2D eigenvalue weighted by Gasteiger charge is -2.50. The molecule has 4 atom stereocenters. The van der Waals surface area contributed by atoms with Crippen molar-refractivity contribution < 1.29 is 34.8 Å². The Kier molecular flexibility index (Phi) is 5.18. The van der Waals surface area contributed by atoms with Crippen molar-refractivity contribution in [3.05, 3.63) is 49.0 Å². The van der Waals surface area contributed by atoms with Gasteiger partial charge < -0.3 is 26.2 Å². The van der Waals surface area contributed by atoms with Gasteiger partial charge in [0.1, 0.15) is 22.8 Å². The summed E-state index contributed by atoms with van der Waals surface area (Å²) < 4.78 is 0.462. The molecule has 170 valence electrons. The summed E-state index contributed by atoms with van der Waals surface area (Å²) in [4.78, 5) is 40.1. The fourth-order valence-electron chi connectivity index (χ4n) is 5.46. The number of benzene rings is 1. The number of allylic oxidation sites excluding steroid dienone is 1. The lowest BCUT2D eigenvalue weighted by molar-refractivity contribution is -0.148. The van der Waals surface area contributed by atoms with Crippen LogP contribution in [0.15, 0.2) is 28.7 Å². The quantitative estimate of drug-likeness (QED) is 0.268. The standard InChI is InChI=1S/C22H23IN2O7/c1-7-4-11(23)16(26)13-9(7)5-8-6-10-15(25(2)3)18(28)14(21(24)31)20(30)22(10,32)19(29)12(8)17(13)27/h4,8,10,15,26,28-29,32H,5-6H2,1-3H3,(H2,24,31)/t8-,10-,15-,22-/m0/s1. The number of amides is 1. The molecule has 1 aromatic carbocycles. The van der Waals surface area contributed by atoms with E-state index in [0.29, 0.717) is 15.6 Å². The second-order valence-electron chi connectivity index (χ2n) is 8.84. The number of likely N-dealkylation sites (N-methyl/N-ethyl adjacent to an activating group) is 1. The molecule has 0 spiro atoms. The zero-order valence-corrected chi connectivity index (χ0v) is 19.8. The summed E-state index contributed by atoms with van der Waals surface area (Å²) in [6.07, 6.45) is 0.378. The first kappa shape index (κ1) is 22.7. The van der Waals surface area contributed by atoms with Crippen LogP contribution < -0.4 is 5.73 Å². The molecule has 9 nitrogen and oxygen atoms in total. The number of phenolic OH excluding ortho intramolecular Hbond substituents is 1. The molecule has 0 aromatic heterocycles. The number of carbonyl (C=O) groups is 3. The summed E-state index contributed by atoms with van der Waals surface area (Å²) in [7, 11) is 3.19. The minimum Gasteiger partial charge on any atom is -0.510 e. The molecule has 1 amide bonds. The third-order valence-electron chi connectivity index (χ3n) is 6.90. The Morgan fingerprint density at radius 1 is 1.25 bits per heavy atom. The normalized spacial score (nSPS) is 29.8. The van der Waals surface area contributed by atoms with Crippen molar-refractivity contribution in [1.82, 2.24) is 4.90 Å². The Bertz CT molecular complexity index is 1170. The molecule has 4 rings (SSSR count). The average Bonchev–Trinajstić information content (AvgIpc) is 2.68. The number of primary amides is 1. The van der Waals surface area contributed by atoms with E-state index in [2.05, 4.69) is 0 Å². The maximum atomic E-state index is 13.4. The van der Waals surface area contributed by atoms with E-state index in [1.165, 1.54) is 4.90 Å². The first-order valence-corrected chi connectivity index (χ1v) is 11.1. The van der Waals surface area contributed by atoms with Gasteiger partial charge in [-0.3, -0.25) is 19.3 Å². The van der Waals surface area contributed by atoms with Gasteiger partial charge >= 0.3 is 0 Å². The predicted octanol–water partition coefficient (Wildman–Crippen LogP) is 1.03. The molecule has 0 saturated carbocycles. The Hall–Kier alpha value is -2.44. The van der Waals surface area contributed by atoms with Gasteiger partial charge in [0.2, 0.25) is 5.78 Å². The van der Waals surface area contributed by atoms with Gasteiger partial charge in [-0.25, -0.2) is 0 Å². The van der Waals surface area contributed by atoms with E-state index in [0.717, 1.165) is 5.56 Å². The molecule has 0 fully saturated rings. The van der Waals surface area contributed by atoms with Gasteiger partial charge in [0.25, 0.3) is 5.91 Å². The maximum absolute atomic E-state index is 13.4. The van der Waals surface area contributed by atoms with E-state index in [1.807, 2.05) is 29.5 Å². The molecule has 6 N–H and O–H groups in total. The zero-order valence-electron chi connectivity index (χ0n) is 17.6. The third-order valence-corrected chi connectivity index (χ3v) is 7.72. The first-order chi connectivity index (χ1) is 14.8. The van der Waals surface area contributed by atoms with E-state index in [4.69, 9.17) is 5.73 Å². The molecule has 0 aliphatic heterocycles. The summed E-state index contributed by atoms with van der Waals surface area (Å²) in [5.41, 5.74) is 3.21. The third kappa shape index (κ3) is 2.78. The lowest BCUT2D eigenvalue weighted by atomic mass is 9.58. The topological polar surface area (TPSA) is 161 Å². The molecule has 10 heteroatoms. The van der Waals surface area contributed by atoms with Crippen molar-refractivity contribution in [3.63, 3.8) is 0 Å². The van der Waals surface area contributed by atoms with Crippen LogP contribution >= 0.6 is 22.6 Å². The number of nitrogens with two attached hydrogens (primary N) is 1. The van der Waals surface area contributed by atoms with Gasteiger partial charge in [-0.05, 0) is 79.6 Å². The number of Topliss-reactive ketones (excluding diaryl/α,β-unsaturated/α-hetero) is 2. The summed E-state index contributed by atoms with van der Waals surface area (Å²) >= 11 is 1.90. The molecular weight excluding hydrogens is 531 g/mol. The average molecular weight is 554 g/mol. The number of fused-ring (bicyclic) bond motifs is 3. The number of aromatic hydroxyl groups is 1. The summed E-state index contributed by atoms with van der Waals surface area (Å²) in [6.45, 7) is 1.82. The molecule has 0 bridgehead atoms. The van der Waals surface area contributed by atoms with E-state index in [-0.39, 0.29) is 23.3 Å². The Morgan fingerprint density at radius 2 is 1.88 bits per heavy atom. The fraction of sp³-hybridized carbons (Fsp3) is 0.409. The minimum atomic E-state index is -2.61. The number of nitrogens with zero attached hydrogens (tertiary/aromatic N) is 1. The molecule has 3 aliphatic carbocycles. The highest BCUT2D eigenvalue weighted by atomic mass is 127. The zero-order chi connectivity index (χ0) is 23.9. The van der Waals surface area contributed by atoms with Crippen LogP contribution in [0, 0.1) is 22.3 Å². The van der Waals surface area contributed by atoms with Gasteiger partial charge in [0.05, 0.1) is 15.2 Å². The summed E-state index contributed by atoms with van der Waals surface area (Å²) in [5.74, 6) is -6.39. The van der Waals surface area contributed by atoms with E-state index >= 15 is 0 Å². The maximum Gasteiger partial charge on any atom is 0.255 e. The van der Waals surface area contributed by atoms with Gasteiger partial charge in [0.15, 0.2) is 11.4 Å². The number of aliphatic hydroxyl groups is 3. The number of halogens is 1. The number of hydrogen-bond acceptors (Lipinski definition) is 8. The van der Waals surface area contributed by atoms with Crippen molar-refractivity contribution in [2.45, 2.75) is 31.4 Å². The molecule has 1 aromatic rings. The molecule has 0 saturated heterocycles. The number of aryl methyl sites for hydroxylation is 1. The van der Waals surface area contributed by atoms with Gasteiger partial charge in [0, 0.05) is 11.5 Å². The van der Waals surface area contributed by atoms with Crippen LogP contribution in [0.3, 0.4) is 0 Å². The van der Waals surface area contributed by atoms with E-state index < -0.39 is 58.0 Å². The van der Waals surface area contributed by atoms with Gasteiger partial charge in [-0.15, -0.1) is 0 Å². The second-order valence-corrected chi connectivity index (χ2v) is 10.0. The molecule has 0 heterocycles. The molecule has 3 aliphatic rings. The first-order valence-electron chi connectivity index (χ1n) is 9.99. The highest BCUT2D eigenvalue weighted by Gasteiger charge is 2.63. The van der Waals surface area contributed by atoms with Crippen molar-refractivity contribution in [2.24, 2.45) is 17.6 Å². The molecule has 0 radical (unpaired) electrons. The van der Waals surface area contributed by atoms with Crippen molar-refractivity contribution in [2.75, 3.05) is 14.1 Å². The number of hydrogen-bond donors (Lipinski definition) is 5. The van der Waals surface area contributed by atoms with Crippen LogP contribution in [-0.4, -0.2) is 68.5 Å². The summed E-state index contributed by atoms with van der Waals surface area (Å²) in [5, 5.41) is 43.9. The molecule has 0 unspecified atom stereocenters. The number of phenols is 1. The van der Waals surface area contributed by atoms with Crippen LogP contribution in [0.25, 0.3) is 0 Å². The molecule has 32 heavy (non-hydrogen) atoms. The van der Waals surface area contributed by atoms with Crippen LogP contribution in [0.2, 0.25) is 0 Å². The smallest absolute Gasteiger partial charge is 0.255 e. The van der Waals surface area contributed by atoms with Gasteiger partial charge in [-0.2, -0.15) is 0 Å². The van der Waals surface area contributed by atoms with E-state index in [1.54, 1.807) is 20.2 Å². The van der Waals surface area contributed by atoms with Crippen molar-refractivity contribution in [3.8, 4) is 5.75 Å². The highest BCUT2D eigenvalue weighted by Crippen LogP contribution is 2.52. The predicted molar refractivity (Wildman–Crippen MR) is 121 cm³/mol. The number of aliphatic hydroxyl groups excluding tert-OH is 2. The summed E-state index contributed by atoms with van der Waals surface area (Å²) in [6, 6.07) is 0.766. The Morgan fingerprint density at radius 3 is 2.44 bits per heavy atom. The fourth-order valence-corrected chi connectivity index (χ4v) is 6.20. The van der Waals surface area contributed by atoms with Gasteiger partial charge in [-0.1, -0.05) is 0 Å². The lowest BCUT2D eigenvalue weighted by Crippen LogP contribution is -2.63. The van der Waals surface area contributed by atoms with Crippen LogP contribution in [0.5, 0.6) is 5.75 Å². The second kappa shape index (κ2) is 7.29. The van der Waals surface area contributed by atoms with Crippen LogP contribution in [0.1, 0.15) is 27.9 Å². The molecular formula is C22H23IN2O7. The Labute approximate surface area is 197 Å². The minimum absolute atomic E-state index is 0.0372. The highest BCUT2D eigenvalue weighted by molar-refractivity contribution is 14.1. The SMILES string of the molecule is Cc1cc(I)c(O)c2c1C[C@H]1C[C@H]3[C@H](N(C)C)C(O)=C(C(N)=O)C(=O)[C@@]3(O)C(O)=C1C2=O. The largest absolute Gasteiger partial charge is 0.510 e. The number of carbonyl (C=O) groups excluding carboxylic acids is 3. The van der Waals surface area contributed by atoms with Crippen LogP contribution in [0.4, 0.5) is 0 Å². The number of rotatable bonds is 2. The Balaban J connectivity index is 1.99. The van der Waals surface area contributed by atoms with Crippen molar-refractivity contribution in [1.29, 1.82) is 0 Å². The van der Waals surface area contributed by atoms with Crippen LogP contribution in [-0.2, 0) is 16.0 Å². The van der Waals surface area contributed by atoms with E-state index in [9.17, 15) is 34.8 Å². The number of ketones is 2. The monoisotopic (exact) mass is 554 g/mol. The van der Waals surface area contributed by atoms with Crippen molar-refractivity contribution >= 4 is 40.1 Å².